The van der Waals surface area contributed by atoms with Gasteiger partial charge >= 0.3 is 6.18 Å². The van der Waals surface area contributed by atoms with E-state index in [-0.39, 0.29) is 33.9 Å². The van der Waals surface area contributed by atoms with Gasteiger partial charge in [-0.25, -0.2) is 28.4 Å². The van der Waals surface area contributed by atoms with Crippen LogP contribution in [0.1, 0.15) is 41.2 Å². The molecule has 0 amide bonds. The van der Waals surface area contributed by atoms with Crippen LogP contribution in [0.2, 0.25) is 0 Å². The summed E-state index contributed by atoms with van der Waals surface area (Å²) in [6.45, 7) is 1.70. The Morgan fingerprint density at radius 2 is 1.95 bits per heavy atom. The highest BCUT2D eigenvalue weighted by Crippen LogP contribution is 2.36. The highest BCUT2D eigenvalue weighted by molar-refractivity contribution is 6.06. The predicted molar refractivity (Wildman–Crippen MR) is 122 cm³/mol. The van der Waals surface area contributed by atoms with E-state index in [1.807, 2.05) is 6.07 Å². The van der Waals surface area contributed by atoms with E-state index in [0.29, 0.717) is 17.6 Å². The van der Waals surface area contributed by atoms with Crippen LogP contribution in [-0.2, 0) is 6.18 Å². The summed E-state index contributed by atoms with van der Waals surface area (Å²) in [5, 5.41) is 21.3. The summed E-state index contributed by atoms with van der Waals surface area (Å²) in [6, 6.07) is 5.04. The highest BCUT2D eigenvalue weighted by Gasteiger charge is 2.35. The molecule has 1 unspecified atom stereocenters. The summed E-state index contributed by atoms with van der Waals surface area (Å²) >= 11 is 0. The van der Waals surface area contributed by atoms with E-state index in [4.69, 9.17) is 11.1 Å². The quantitative estimate of drug-likeness (QED) is 0.200. The number of aromatic amines is 1. The third-order valence-corrected chi connectivity index (χ3v) is 5.49. The number of nitrogens with zero attached hydrogens (tertiary/aromatic N) is 6. The topological polar surface area (TPSA) is 145 Å². The average Bonchev–Trinajstić information content (AvgIpc) is 3.49. The number of halogens is 5. The maximum Gasteiger partial charge on any atom is 0.451 e. The van der Waals surface area contributed by atoms with Crippen molar-refractivity contribution in [2.75, 3.05) is 0 Å². The van der Waals surface area contributed by atoms with Crippen molar-refractivity contribution in [3.05, 3.63) is 83.0 Å². The van der Waals surface area contributed by atoms with Gasteiger partial charge in [0, 0.05) is 47.4 Å². The SMILES string of the molecule is CC(c1cnn(-c2ccc(F)cc2F)c1)c1[nH]c(C(N)=NC=N)c(-c2cnc(C(F)(F)F)nc2)c1C#N. The van der Waals surface area contributed by atoms with Crippen molar-refractivity contribution in [1.29, 1.82) is 10.7 Å². The van der Waals surface area contributed by atoms with Gasteiger partial charge < -0.3 is 10.7 Å². The normalized spacial score (nSPS) is 12.8. The van der Waals surface area contributed by atoms with Crippen molar-refractivity contribution >= 4 is 12.2 Å². The van der Waals surface area contributed by atoms with Crippen molar-refractivity contribution in [1.82, 2.24) is 24.7 Å². The van der Waals surface area contributed by atoms with Gasteiger partial charge in [0.15, 0.2) is 5.82 Å². The van der Waals surface area contributed by atoms with E-state index in [1.165, 1.54) is 23.1 Å². The molecule has 1 aromatic carbocycles. The number of aliphatic imine (C=N–C) groups is 1. The molecule has 37 heavy (non-hydrogen) atoms. The third-order valence-electron chi connectivity index (χ3n) is 5.49. The third kappa shape index (κ3) is 4.79. The monoisotopic (exact) mass is 513 g/mol. The van der Waals surface area contributed by atoms with Crippen LogP contribution < -0.4 is 5.73 Å². The molecular weight excluding hydrogens is 497 g/mol. The molecular formula is C23H16F5N9. The van der Waals surface area contributed by atoms with Gasteiger partial charge in [0.2, 0.25) is 5.82 Å². The summed E-state index contributed by atoms with van der Waals surface area (Å²) in [7, 11) is 0. The molecule has 9 nitrogen and oxygen atoms in total. The second-order valence-corrected chi connectivity index (χ2v) is 7.75. The molecule has 0 saturated heterocycles. The van der Waals surface area contributed by atoms with Crippen LogP contribution in [0.5, 0.6) is 0 Å². The number of nitrogens with two attached hydrogens (primary N) is 1. The summed E-state index contributed by atoms with van der Waals surface area (Å²) in [5.74, 6) is -3.72. The molecule has 1 atom stereocenters. The molecule has 4 N–H and O–H groups in total. The van der Waals surface area contributed by atoms with Gasteiger partial charge in [0.1, 0.15) is 29.7 Å². The van der Waals surface area contributed by atoms with Crippen molar-refractivity contribution in [2.24, 2.45) is 10.7 Å². The minimum absolute atomic E-state index is 0.00233. The van der Waals surface area contributed by atoms with E-state index < -0.39 is 29.6 Å². The number of benzene rings is 1. The van der Waals surface area contributed by atoms with Crippen molar-refractivity contribution < 1.29 is 22.0 Å². The standard InChI is InChI=1S/C23H16F5N9/c1-11(13-8-35-37(9-13)17-3-2-14(24)4-16(17)25)19-15(5-29)18(20(36-19)21(31)34-10-30)12-6-32-22(33-7-12)23(26,27)28/h2-4,6-11,36H,1H3,(H3,30,31,34). The smallest absolute Gasteiger partial charge is 0.382 e. The summed E-state index contributed by atoms with van der Waals surface area (Å²) in [5.41, 5.74) is 7.04. The lowest BCUT2D eigenvalue weighted by Gasteiger charge is -2.09. The number of nitrogens with one attached hydrogen (secondary N) is 2. The molecule has 0 fully saturated rings. The maximum absolute atomic E-state index is 14.2. The van der Waals surface area contributed by atoms with E-state index in [0.717, 1.165) is 24.5 Å². The predicted octanol–water partition coefficient (Wildman–Crippen LogP) is 4.29. The van der Waals surface area contributed by atoms with Crippen LogP contribution in [0.15, 0.2) is 48.0 Å². The van der Waals surface area contributed by atoms with Crippen molar-refractivity contribution in [2.45, 2.75) is 19.0 Å². The first kappa shape index (κ1) is 25.2. The Labute approximate surface area is 205 Å². The van der Waals surface area contributed by atoms with E-state index in [9.17, 15) is 27.2 Å². The van der Waals surface area contributed by atoms with Gasteiger partial charge in [-0.2, -0.15) is 23.5 Å². The van der Waals surface area contributed by atoms with E-state index in [2.05, 4.69) is 25.0 Å². The van der Waals surface area contributed by atoms with Crippen LogP contribution in [0.4, 0.5) is 22.0 Å². The molecule has 0 spiro atoms. The Bertz CT molecular complexity index is 1540. The summed E-state index contributed by atoms with van der Waals surface area (Å²) in [4.78, 5) is 13.4. The van der Waals surface area contributed by atoms with Gasteiger partial charge in [0.25, 0.3) is 0 Å². The van der Waals surface area contributed by atoms with Crippen molar-refractivity contribution in [3.63, 3.8) is 0 Å². The molecule has 0 saturated carbocycles. The molecule has 0 radical (unpaired) electrons. The molecule has 4 rings (SSSR count). The lowest BCUT2D eigenvalue weighted by molar-refractivity contribution is -0.144. The molecule has 0 aliphatic heterocycles. The first-order chi connectivity index (χ1) is 17.5. The van der Waals surface area contributed by atoms with Gasteiger partial charge in [-0.1, -0.05) is 6.92 Å². The summed E-state index contributed by atoms with van der Waals surface area (Å²) in [6.07, 6.45) is 0.626. The molecule has 3 heterocycles. The lowest BCUT2D eigenvalue weighted by atomic mass is 9.95. The molecule has 4 aromatic rings. The number of hydrogen-bond donors (Lipinski definition) is 3. The fraction of sp³-hybridized carbons (Fsp3) is 0.130. The minimum atomic E-state index is -4.76. The second-order valence-electron chi connectivity index (χ2n) is 7.75. The van der Waals surface area contributed by atoms with Crippen LogP contribution in [0.25, 0.3) is 16.8 Å². The maximum atomic E-state index is 14.2. The van der Waals surface area contributed by atoms with Crippen LogP contribution >= 0.6 is 0 Å². The zero-order valence-electron chi connectivity index (χ0n) is 18.8. The first-order valence-corrected chi connectivity index (χ1v) is 10.4. The van der Waals surface area contributed by atoms with E-state index in [1.54, 1.807) is 6.92 Å². The highest BCUT2D eigenvalue weighted by atomic mass is 19.4. The van der Waals surface area contributed by atoms with Crippen LogP contribution in [0.3, 0.4) is 0 Å². The fourth-order valence-electron chi connectivity index (χ4n) is 3.70. The Hall–Kier alpha value is -4.93. The Morgan fingerprint density at radius 3 is 2.54 bits per heavy atom. The zero-order valence-corrected chi connectivity index (χ0v) is 18.8. The average molecular weight is 513 g/mol. The number of rotatable bonds is 6. The number of aromatic nitrogens is 5. The summed E-state index contributed by atoms with van der Waals surface area (Å²) < 4.78 is 67.5. The molecule has 0 aliphatic rings. The molecule has 0 bridgehead atoms. The molecule has 188 valence electrons. The number of H-pyrrole nitrogens is 1. The Balaban J connectivity index is 1.83. The van der Waals surface area contributed by atoms with Gasteiger partial charge in [0.05, 0.1) is 17.5 Å². The lowest BCUT2D eigenvalue weighted by Crippen LogP contribution is -2.16. The van der Waals surface area contributed by atoms with Crippen LogP contribution in [-0.4, -0.2) is 36.9 Å². The van der Waals surface area contributed by atoms with Gasteiger partial charge in [-0.3, -0.25) is 5.41 Å². The molecule has 14 heteroatoms. The number of alkyl halides is 3. The fourth-order valence-corrected chi connectivity index (χ4v) is 3.70. The zero-order chi connectivity index (χ0) is 26.9. The Kier molecular flexibility index (Phi) is 6.54. The Morgan fingerprint density at radius 1 is 1.24 bits per heavy atom. The second kappa shape index (κ2) is 9.61. The number of nitriles is 1. The number of amidine groups is 1. The number of hydrogen-bond acceptors (Lipinski definition) is 5. The molecule has 0 aliphatic carbocycles. The minimum Gasteiger partial charge on any atom is -0.382 e. The van der Waals surface area contributed by atoms with Crippen LogP contribution in [0, 0.1) is 28.4 Å². The van der Waals surface area contributed by atoms with Gasteiger partial charge in [-0.15, -0.1) is 0 Å². The largest absolute Gasteiger partial charge is 0.451 e. The molecule has 3 aromatic heterocycles. The van der Waals surface area contributed by atoms with Gasteiger partial charge in [-0.05, 0) is 17.7 Å². The van der Waals surface area contributed by atoms with E-state index >= 15 is 0 Å². The van der Waals surface area contributed by atoms with Crippen molar-refractivity contribution in [3.8, 4) is 22.9 Å². The first-order valence-electron chi connectivity index (χ1n) is 10.4.